The van der Waals surface area contributed by atoms with Gasteiger partial charge in [0, 0.05) is 33.5 Å². The number of hydrogen-bond acceptors (Lipinski definition) is 3. The lowest BCUT2D eigenvalue weighted by molar-refractivity contribution is 0.233. The summed E-state index contributed by atoms with van der Waals surface area (Å²) < 4.78 is 15.1. The third kappa shape index (κ3) is 9.57. The highest BCUT2D eigenvalue weighted by Gasteiger charge is 2.46. The topological polar surface area (TPSA) is 26.6 Å². The molecule has 0 aliphatic heterocycles. The van der Waals surface area contributed by atoms with E-state index >= 15 is 0 Å². The summed E-state index contributed by atoms with van der Waals surface area (Å²) in [5.74, 6) is 3.05. The van der Waals surface area contributed by atoms with Crippen LogP contribution in [0.15, 0.2) is 273 Å². The number of para-hydroxylation sites is 2. The Kier molecular flexibility index (Phi) is 14.0. The summed E-state index contributed by atoms with van der Waals surface area (Å²) in [7, 11) is 0. The average Bonchev–Trinajstić information content (AvgIpc) is 4.15. The molecular weight excluding hydrogens is 985 g/mol. The van der Waals surface area contributed by atoms with Gasteiger partial charge < -0.3 is 18.9 Å². The van der Waals surface area contributed by atoms with Crippen LogP contribution < -0.4 is 14.4 Å². The predicted molar refractivity (Wildman–Crippen MR) is 339 cm³/mol. The normalized spacial score (nSPS) is 13.9. The Morgan fingerprint density at radius 3 is 1.69 bits per heavy atom. The fourth-order valence-corrected chi connectivity index (χ4v) is 12.4. The van der Waals surface area contributed by atoms with Gasteiger partial charge in [-0.05, 0) is 177 Å². The SMILES string of the molecule is C=Cc1ccc(Oc2ccc(C3(c4ccccc4)c4ccccc4-c4ccc(N(c5ccc(-c6ccc(OCC(CC)CCCC)cc6)cc5)c5ccc(-c6ccc7c(c6)c6ccccc6n7-c6ccccc6)cc5)cc43)cc2)cc1. The van der Waals surface area contributed by atoms with Gasteiger partial charge in [-0.1, -0.05) is 210 Å². The van der Waals surface area contributed by atoms with E-state index in [0.717, 1.165) is 80.8 Å². The van der Waals surface area contributed by atoms with Crippen LogP contribution in [0.1, 0.15) is 67.3 Å². The van der Waals surface area contributed by atoms with Crippen LogP contribution in [0.3, 0.4) is 0 Å². The van der Waals surface area contributed by atoms with Crippen molar-refractivity contribution >= 4 is 44.9 Å². The van der Waals surface area contributed by atoms with Crippen LogP contribution in [-0.2, 0) is 5.41 Å². The third-order valence-electron chi connectivity index (χ3n) is 16.6. The van der Waals surface area contributed by atoms with Gasteiger partial charge >= 0.3 is 0 Å². The summed E-state index contributed by atoms with van der Waals surface area (Å²) in [5, 5.41) is 2.47. The zero-order valence-corrected chi connectivity index (χ0v) is 46.0. The van der Waals surface area contributed by atoms with Crippen LogP contribution in [0.4, 0.5) is 17.1 Å². The number of nitrogens with zero attached hydrogens (tertiary/aromatic N) is 2. The molecular formula is C77H64N2O2. The minimum atomic E-state index is -0.641. The molecule has 4 heteroatoms. The smallest absolute Gasteiger partial charge is 0.127 e. The van der Waals surface area contributed by atoms with E-state index in [9.17, 15) is 0 Å². The summed E-state index contributed by atoms with van der Waals surface area (Å²) in [5.41, 5.74) is 19.0. The molecule has 1 aromatic heterocycles. The van der Waals surface area contributed by atoms with E-state index in [1.165, 1.54) is 74.4 Å². The molecule has 0 amide bonds. The zero-order valence-electron chi connectivity index (χ0n) is 46.0. The number of aromatic nitrogens is 1. The van der Waals surface area contributed by atoms with Gasteiger partial charge in [0.25, 0.3) is 0 Å². The van der Waals surface area contributed by atoms with Crippen LogP contribution in [0, 0.1) is 5.92 Å². The first-order valence-corrected chi connectivity index (χ1v) is 28.6. The first-order valence-electron chi connectivity index (χ1n) is 28.6. The standard InChI is InChI=1S/C77H64N2O2/c1-4-7-18-55(6-3)53-80-66-45-33-57(34-46-66)56-29-38-63(39-30-56)78(64-40-31-58(32-41-64)59-35-50-76-72(51-59)71-24-15-17-26-75(71)79(76)62-21-12-9-13-22-62)65-42-49-70-69-23-14-16-25-73(69)77(74(70)52-65,60-19-10-8-11-20-60)61-36-47-68(48-37-61)81-67-43-27-54(5-2)28-44-67/h5,8-17,19-52,55H,2,4,6-7,18,53H2,1,3H3. The number of benzene rings is 11. The van der Waals surface area contributed by atoms with Crippen molar-refractivity contribution in [2.24, 2.45) is 5.92 Å². The minimum absolute atomic E-state index is 0.578. The van der Waals surface area contributed by atoms with Gasteiger partial charge in [0.1, 0.15) is 17.2 Å². The summed E-state index contributed by atoms with van der Waals surface area (Å²) in [6.45, 7) is 9.20. The second-order valence-electron chi connectivity index (χ2n) is 21.4. The molecule has 12 aromatic rings. The second kappa shape index (κ2) is 22.2. The average molecular weight is 1050 g/mol. The quantitative estimate of drug-likeness (QED) is 0.0857. The lowest BCUT2D eigenvalue weighted by atomic mass is 9.67. The molecule has 2 unspecified atom stereocenters. The van der Waals surface area contributed by atoms with Crippen molar-refractivity contribution in [3.8, 4) is 56.3 Å². The molecule has 1 aliphatic rings. The minimum Gasteiger partial charge on any atom is -0.493 e. The molecule has 0 saturated heterocycles. The predicted octanol–water partition coefficient (Wildman–Crippen LogP) is 21.0. The molecule has 81 heavy (non-hydrogen) atoms. The number of rotatable bonds is 18. The molecule has 0 bridgehead atoms. The van der Waals surface area contributed by atoms with Gasteiger partial charge in [-0.15, -0.1) is 0 Å². The Labute approximate surface area is 476 Å². The molecule has 0 saturated carbocycles. The number of ether oxygens (including phenoxy) is 2. The van der Waals surface area contributed by atoms with E-state index in [1.807, 2.05) is 30.3 Å². The van der Waals surface area contributed by atoms with Crippen molar-refractivity contribution < 1.29 is 9.47 Å². The highest BCUT2D eigenvalue weighted by molar-refractivity contribution is 6.10. The number of unbranched alkanes of at least 4 members (excludes halogenated alkanes) is 1. The monoisotopic (exact) mass is 1050 g/mol. The molecule has 394 valence electrons. The highest BCUT2D eigenvalue weighted by atomic mass is 16.5. The summed E-state index contributed by atoms with van der Waals surface area (Å²) in [6, 6.07) is 96.8. The highest BCUT2D eigenvalue weighted by Crippen LogP contribution is 2.57. The molecule has 0 fully saturated rings. The summed E-state index contributed by atoms with van der Waals surface area (Å²) in [6.07, 6.45) is 6.65. The molecule has 13 rings (SSSR count). The molecule has 0 radical (unpaired) electrons. The Hall–Kier alpha value is -9.64. The van der Waals surface area contributed by atoms with Crippen LogP contribution in [0.25, 0.3) is 66.9 Å². The lowest BCUT2D eigenvalue weighted by Crippen LogP contribution is -2.28. The first kappa shape index (κ1) is 50.8. The summed E-state index contributed by atoms with van der Waals surface area (Å²) in [4.78, 5) is 2.41. The van der Waals surface area contributed by atoms with Gasteiger partial charge in [-0.3, -0.25) is 0 Å². The van der Waals surface area contributed by atoms with Gasteiger partial charge in [0.05, 0.1) is 23.1 Å². The zero-order chi connectivity index (χ0) is 54.7. The third-order valence-corrected chi connectivity index (χ3v) is 16.6. The second-order valence-corrected chi connectivity index (χ2v) is 21.4. The molecule has 2 atom stereocenters. The van der Waals surface area contributed by atoms with Gasteiger partial charge in [-0.2, -0.15) is 0 Å². The van der Waals surface area contributed by atoms with E-state index < -0.39 is 5.41 Å². The number of anilines is 3. The fraction of sp³-hybridized carbons (Fsp3) is 0.117. The Bertz CT molecular complexity index is 4150. The van der Waals surface area contributed by atoms with Gasteiger partial charge in [0.15, 0.2) is 0 Å². The van der Waals surface area contributed by atoms with E-state index in [4.69, 9.17) is 9.47 Å². The number of fused-ring (bicyclic) bond motifs is 6. The molecule has 1 aliphatic carbocycles. The van der Waals surface area contributed by atoms with Gasteiger partial charge in [0.2, 0.25) is 0 Å². The van der Waals surface area contributed by atoms with Crippen molar-refractivity contribution in [3.63, 3.8) is 0 Å². The van der Waals surface area contributed by atoms with Crippen molar-refractivity contribution in [2.75, 3.05) is 11.5 Å². The first-order chi connectivity index (χ1) is 40.0. The van der Waals surface area contributed by atoms with Crippen molar-refractivity contribution in [2.45, 2.75) is 44.9 Å². The molecule has 1 heterocycles. The Morgan fingerprint density at radius 2 is 1.01 bits per heavy atom. The van der Waals surface area contributed by atoms with Crippen molar-refractivity contribution in [1.29, 1.82) is 0 Å². The van der Waals surface area contributed by atoms with Crippen LogP contribution in [0.2, 0.25) is 0 Å². The maximum absolute atomic E-state index is 6.44. The van der Waals surface area contributed by atoms with Crippen molar-refractivity contribution in [1.82, 2.24) is 4.57 Å². The molecule has 4 nitrogen and oxygen atoms in total. The van der Waals surface area contributed by atoms with Crippen molar-refractivity contribution in [3.05, 3.63) is 301 Å². The van der Waals surface area contributed by atoms with Crippen LogP contribution in [-0.4, -0.2) is 11.2 Å². The van der Waals surface area contributed by atoms with E-state index in [1.54, 1.807) is 0 Å². The Balaban J connectivity index is 0.909. The largest absolute Gasteiger partial charge is 0.493 e. The van der Waals surface area contributed by atoms with Crippen LogP contribution >= 0.6 is 0 Å². The molecule has 0 spiro atoms. The fourth-order valence-electron chi connectivity index (χ4n) is 12.4. The summed E-state index contributed by atoms with van der Waals surface area (Å²) >= 11 is 0. The molecule has 11 aromatic carbocycles. The molecule has 0 N–H and O–H groups in total. The van der Waals surface area contributed by atoms with E-state index in [-0.39, 0.29) is 0 Å². The Morgan fingerprint density at radius 1 is 0.469 bits per heavy atom. The maximum atomic E-state index is 6.44. The number of hydrogen-bond donors (Lipinski definition) is 0. The van der Waals surface area contributed by atoms with Gasteiger partial charge in [-0.25, -0.2) is 0 Å². The lowest BCUT2D eigenvalue weighted by Gasteiger charge is -2.35. The van der Waals surface area contributed by atoms with E-state index in [2.05, 4.69) is 273 Å². The maximum Gasteiger partial charge on any atom is 0.127 e. The van der Waals surface area contributed by atoms with E-state index in [0.29, 0.717) is 5.92 Å². The van der Waals surface area contributed by atoms with Crippen LogP contribution in [0.5, 0.6) is 17.2 Å².